The van der Waals surface area contributed by atoms with Crippen LogP contribution >= 0.6 is 33.9 Å². The normalized spacial score (nSPS) is 17.3. The van der Waals surface area contributed by atoms with E-state index in [1.807, 2.05) is 36.4 Å². The van der Waals surface area contributed by atoms with Crippen LogP contribution in [0.4, 0.5) is 4.39 Å². The molecule has 3 aromatic carbocycles. The fourth-order valence-electron chi connectivity index (χ4n) is 4.68. The van der Waals surface area contributed by atoms with Crippen molar-refractivity contribution in [2.75, 3.05) is 0 Å². The van der Waals surface area contributed by atoms with Gasteiger partial charge in [0.15, 0.2) is 4.80 Å². The van der Waals surface area contributed by atoms with Crippen molar-refractivity contribution in [3.8, 4) is 0 Å². The smallest absolute Gasteiger partial charge is 0.271 e. The molecular weight excluding hydrogens is 546 g/mol. The van der Waals surface area contributed by atoms with Crippen molar-refractivity contribution in [2.45, 2.75) is 18.9 Å². The van der Waals surface area contributed by atoms with E-state index < -0.39 is 0 Å². The fourth-order valence-corrected chi connectivity index (χ4v) is 6.04. The predicted octanol–water partition coefficient (Wildman–Crippen LogP) is 5.06. The first-order chi connectivity index (χ1) is 16.1. The molecule has 1 aromatic heterocycles. The first kappa shape index (κ1) is 20.7. The number of rotatable bonds is 2. The highest BCUT2D eigenvalue weighted by atomic mass is 127. The SMILES string of the molecule is O=c1/c(=C\c2ccc(I)cc2)sc2n1[C@H](c1ccc(F)cc1)C1=C(N=2)c2ccccc2CC1. The van der Waals surface area contributed by atoms with Gasteiger partial charge in [0.25, 0.3) is 5.56 Å². The lowest BCUT2D eigenvalue weighted by atomic mass is 9.83. The zero-order valence-electron chi connectivity index (χ0n) is 17.5. The van der Waals surface area contributed by atoms with Gasteiger partial charge in [-0.05, 0) is 88.0 Å². The van der Waals surface area contributed by atoms with Crippen LogP contribution in [0, 0.1) is 9.39 Å². The van der Waals surface area contributed by atoms with Crippen LogP contribution in [0.3, 0.4) is 0 Å². The van der Waals surface area contributed by atoms with Gasteiger partial charge in [-0.15, -0.1) is 0 Å². The number of halogens is 2. The van der Waals surface area contributed by atoms with E-state index in [1.165, 1.54) is 29.0 Å². The summed E-state index contributed by atoms with van der Waals surface area (Å²) in [5, 5.41) is 0. The molecule has 1 atom stereocenters. The van der Waals surface area contributed by atoms with E-state index in [4.69, 9.17) is 4.99 Å². The van der Waals surface area contributed by atoms with Gasteiger partial charge in [0, 0.05) is 9.13 Å². The molecule has 0 bridgehead atoms. The maximum atomic E-state index is 13.7. The van der Waals surface area contributed by atoms with E-state index in [9.17, 15) is 9.18 Å². The standard InChI is InChI=1S/C27H18FIN2OS/c28-19-10-7-18(8-11-19)25-22-14-9-17-3-1-2-4-21(17)24(22)30-27-31(25)26(32)23(33-27)15-16-5-12-20(29)13-6-16/h1-8,10-13,15,25H,9,14H2/b23-15+/t25-/m1/s1. The van der Waals surface area contributed by atoms with Gasteiger partial charge in [-0.1, -0.05) is 59.9 Å². The van der Waals surface area contributed by atoms with Crippen LogP contribution in [0.5, 0.6) is 0 Å². The molecule has 2 heterocycles. The minimum Gasteiger partial charge on any atom is -0.272 e. The molecule has 0 amide bonds. The van der Waals surface area contributed by atoms with E-state index in [0.29, 0.717) is 9.33 Å². The van der Waals surface area contributed by atoms with Crippen LogP contribution in [-0.4, -0.2) is 4.57 Å². The van der Waals surface area contributed by atoms with Crippen LogP contribution in [0.1, 0.15) is 34.7 Å². The highest BCUT2D eigenvalue weighted by Crippen LogP contribution is 2.41. The van der Waals surface area contributed by atoms with Gasteiger partial charge in [0.05, 0.1) is 16.3 Å². The van der Waals surface area contributed by atoms with Crippen LogP contribution < -0.4 is 14.9 Å². The van der Waals surface area contributed by atoms with E-state index in [1.54, 1.807) is 16.7 Å². The van der Waals surface area contributed by atoms with Gasteiger partial charge in [0.2, 0.25) is 0 Å². The molecule has 4 aromatic rings. The summed E-state index contributed by atoms with van der Waals surface area (Å²) >= 11 is 3.68. The third kappa shape index (κ3) is 3.61. The number of hydrogen-bond donors (Lipinski definition) is 0. The molecular formula is C27H18FIN2OS. The molecule has 0 N–H and O–H groups in total. The number of thiazole rings is 1. The summed E-state index contributed by atoms with van der Waals surface area (Å²) in [4.78, 5) is 19.3. The number of allylic oxidation sites excluding steroid dienone is 1. The first-order valence-corrected chi connectivity index (χ1v) is 12.6. The van der Waals surface area contributed by atoms with Crippen molar-refractivity contribution in [3.63, 3.8) is 0 Å². The molecule has 6 rings (SSSR count). The lowest BCUT2D eigenvalue weighted by Gasteiger charge is -2.30. The maximum absolute atomic E-state index is 13.7. The summed E-state index contributed by atoms with van der Waals surface area (Å²) in [6.45, 7) is 0. The van der Waals surface area contributed by atoms with Crippen LogP contribution in [0.25, 0.3) is 11.8 Å². The Morgan fingerprint density at radius 2 is 1.76 bits per heavy atom. The number of nitrogens with zero attached hydrogens (tertiary/aromatic N) is 2. The number of benzene rings is 3. The van der Waals surface area contributed by atoms with Crippen molar-refractivity contribution in [1.29, 1.82) is 0 Å². The minimum atomic E-state index is -0.288. The van der Waals surface area contributed by atoms with Crippen LogP contribution in [-0.2, 0) is 6.42 Å². The second-order valence-corrected chi connectivity index (χ2v) is 10.5. The predicted molar refractivity (Wildman–Crippen MR) is 138 cm³/mol. The molecule has 2 aliphatic rings. The first-order valence-electron chi connectivity index (χ1n) is 10.7. The maximum Gasteiger partial charge on any atom is 0.271 e. The van der Waals surface area contributed by atoms with Crippen molar-refractivity contribution < 1.29 is 4.39 Å². The number of aryl methyl sites for hydroxylation is 1. The molecule has 33 heavy (non-hydrogen) atoms. The second-order valence-electron chi connectivity index (χ2n) is 8.22. The Labute approximate surface area is 207 Å². The van der Waals surface area contributed by atoms with E-state index in [-0.39, 0.29) is 17.4 Å². The Hall–Kier alpha value is -2.84. The largest absolute Gasteiger partial charge is 0.272 e. The number of hydrogen-bond acceptors (Lipinski definition) is 3. The Morgan fingerprint density at radius 3 is 2.55 bits per heavy atom. The highest BCUT2D eigenvalue weighted by Gasteiger charge is 2.32. The van der Waals surface area contributed by atoms with Gasteiger partial charge in [-0.3, -0.25) is 9.36 Å². The van der Waals surface area contributed by atoms with Crippen LogP contribution in [0.2, 0.25) is 0 Å². The lowest BCUT2D eigenvalue weighted by Crippen LogP contribution is -2.38. The van der Waals surface area contributed by atoms with E-state index in [0.717, 1.165) is 44.4 Å². The molecule has 1 aliphatic heterocycles. The summed E-state index contributed by atoms with van der Waals surface area (Å²) in [5.41, 5.74) is 6.30. The van der Waals surface area contributed by atoms with E-state index >= 15 is 0 Å². The molecule has 0 spiro atoms. The molecule has 0 fully saturated rings. The number of aromatic nitrogens is 1. The molecule has 1 aliphatic carbocycles. The molecule has 0 unspecified atom stereocenters. The molecule has 6 heteroatoms. The molecule has 0 radical (unpaired) electrons. The summed E-state index contributed by atoms with van der Waals surface area (Å²) in [6.07, 6.45) is 3.65. The van der Waals surface area contributed by atoms with Crippen molar-refractivity contribution in [1.82, 2.24) is 4.57 Å². The molecule has 0 saturated heterocycles. The lowest BCUT2D eigenvalue weighted by molar-refractivity contribution is 0.581. The number of fused-ring (bicyclic) bond motifs is 3. The summed E-state index contributed by atoms with van der Waals surface area (Å²) in [6, 6.07) is 22.6. The minimum absolute atomic E-state index is 0.0583. The monoisotopic (exact) mass is 564 g/mol. The van der Waals surface area contributed by atoms with Crippen molar-refractivity contribution in [2.24, 2.45) is 4.99 Å². The zero-order valence-corrected chi connectivity index (χ0v) is 20.4. The Bertz CT molecular complexity index is 1600. The molecule has 0 saturated carbocycles. The third-order valence-electron chi connectivity index (χ3n) is 6.23. The third-order valence-corrected chi connectivity index (χ3v) is 7.93. The van der Waals surface area contributed by atoms with Crippen LogP contribution in [0.15, 0.2) is 88.2 Å². The van der Waals surface area contributed by atoms with E-state index in [2.05, 4.69) is 40.8 Å². The van der Waals surface area contributed by atoms with Crippen molar-refractivity contribution in [3.05, 3.63) is 130 Å². The zero-order chi connectivity index (χ0) is 22.5. The van der Waals surface area contributed by atoms with Gasteiger partial charge < -0.3 is 0 Å². The fraction of sp³-hybridized carbons (Fsp3) is 0.111. The molecule has 162 valence electrons. The molecule has 3 nitrogen and oxygen atoms in total. The van der Waals surface area contributed by atoms with Crippen molar-refractivity contribution >= 4 is 45.7 Å². The summed E-state index contributed by atoms with van der Waals surface area (Å²) in [7, 11) is 0. The van der Waals surface area contributed by atoms with Gasteiger partial charge in [-0.25, -0.2) is 9.38 Å². The van der Waals surface area contributed by atoms with Gasteiger partial charge in [-0.2, -0.15) is 0 Å². The average Bonchev–Trinajstić information content (AvgIpc) is 3.14. The van der Waals surface area contributed by atoms with Gasteiger partial charge >= 0.3 is 0 Å². The highest BCUT2D eigenvalue weighted by molar-refractivity contribution is 14.1. The Kier molecular flexibility index (Phi) is 5.14. The summed E-state index contributed by atoms with van der Waals surface area (Å²) in [5.74, 6) is -0.284. The Balaban J connectivity index is 1.62. The quantitative estimate of drug-likeness (QED) is 0.314. The van der Waals surface area contributed by atoms with Gasteiger partial charge in [0.1, 0.15) is 5.82 Å². The Morgan fingerprint density at radius 1 is 1.00 bits per heavy atom. The second kappa shape index (κ2) is 8.18. The summed E-state index contributed by atoms with van der Waals surface area (Å²) < 4.78 is 17.3. The topological polar surface area (TPSA) is 34.4 Å². The average molecular weight is 564 g/mol.